The van der Waals surface area contributed by atoms with E-state index in [1.165, 1.54) is 19.5 Å². The van der Waals surface area contributed by atoms with Crippen molar-refractivity contribution in [3.63, 3.8) is 0 Å². The molecule has 0 aliphatic carbocycles. The van der Waals surface area contributed by atoms with E-state index in [0.29, 0.717) is 5.75 Å². The second-order valence-corrected chi connectivity index (χ2v) is 6.97. The lowest BCUT2D eigenvalue weighted by atomic mass is 10.1. The van der Waals surface area contributed by atoms with Crippen molar-refractivity contribution in [1.29, 1.82) is 0 Å². The molecule has 0 N–H and O–H groups in total. The van der Waals surface area contributed by atoms with Crippen LogP contribution in [0.1, 0.15) is 23.8 Å². The zero-order chi connectivity index (χ0) is 15.6. The summed E-state index contributed by atoms with van der Waals surface area (Å²) < 4.78 is 18.1. The van der Waals surface area contributed by atoms with Gasteiger partial charge in [0, 0.05) is 17.8 Å². The molecule has 23 heavy (non-hydrogen) atoms. The monoisotopic (exact) mass is 327 g/mol. The Morgan fingerprint density at radius 1 is 1.22 bits per heavy atom. The summed E-state index contributed by atoms with van der Waals surface area (Å²) in [4.78, 5) is 3.60. The Bertz CT molecular complexity index is 686. The summed E-state index contributed by atoms with van der Waals surface area (Å²) in [6.45, 7) is 3.67. The lowest BCUT2D eigenvalue weighted by molar-refractivity contribution is 0.126. The SMILES string of the molecule is [B]c1ccc(C(CCN2CCC2)Oc2cccc3c2OCO3)s1. The topological polar surface area (TPSA) is 30.9 Å². The van der Waals surface area contributed by atoms with Gasteiger partial charge >= 0.3 is 0 Å². The molecule has 4 nitrogen and oxygen atoms in total. The lowest BCUT2D eigenvalue weighted by Gasteiger charge is -2.32. The zero-order valence-corrected chi connectivity index (χ0v) is 13.7. The van der Waals surface area contributed by atoms with Gasteiger partial charge in [0.25, 0.3) is 0 Å². The first-order valence-corrected chi connectivity index (χ1v) is 8.74. The van der Waals surface area contributed by atoms with Crippen LogP contribution in [0.3, 0.4) is 0 Å². The molecule has 3 heterocycles. The van der Waals surface area contributed by atoms with E-state index in [9.17, 15) is 0 Å². The summed E-state index contributed by atoms with van der Waals surface area (Å²) in [5.41, 5.74) is 0. The Labute approximate surface area is 141 Å². The van der Waals surface area contributed by atoms with Crippen molar-refractivity contribution in [1.82, 2.24) is 4.90 Å². The van der Waals surface area contributed by atoms with E-state index in [2.05, 4.69) is 11.0 Å². The van der Waals surface area contributed by atoms with Gasteiger partial charge in [0.05, 0.1) is 0 Å². The summed E-state index contributed by atoms with van der Waals surface area (Å²) >= 11 is 1.59. The van der Waals surface area contributed by atoms with Crippen LogP contribution in [-0.4, -0.2) is 39.2 Å². The molecule has 0 amide bonds. The second kappa shape index (κ2) is 6.45. The highest BCUT2D eigenvalue weighted by Gasteiger charge is 2.24. The third-order valence-corrected chi connectivity index (χ3v) is 5.26. The van der Waals surface area contributed by atoms with Gasteiger partial charge in [-0.15, -0.1) is 0 Å². The van der Waals surface area contributed by atoms with Crippen LogP contribution in [0.5, 0.6) is 17.2 Å². The maximum absolute atomic E-state index is 6.30. The number of fused-ring (bicyclic) bond motifs is 1. The van der Waals surface area contributed by atoms with Gasteiger partial charge in [-0.3, -0.25) is 0 Å². The number of para-hydroxylation sites is 1. The molecule has 2 aliphatic rings. The van der Waals surface area contributed by atoms with Gasteiger partial charge in [-0.25, -0.2) is 0 Å². The van der Waals surface area contributed by atoms with Crippen molar-refractivity contribution in [3.05, 3.63) is 35.2 Å². The van der Waals surface area contributed by atoms with Crippen LogP contribution in [-0.2, 0) is 0 Å². The van der Waals surface area contributed by atoms with E-state index in [1.54, 1.807) is 11.3 Å². The molecule has 2 aromatic rings. The average molecular weight is 327 g/mol. The summed E-state index contributed by atoms with van der Waals surface area (Å²) in [5, 5.41) is 0. The minimum Gasteiger partial charge on any atom is -0.481 e. The molecule has 118 valence electrons. The minimum absolute atomic E-state index is 0.0198. The predicted octanol–water partition coefficient (Wildman–Crippen LogP) is 2.49. The van der Waals surface area contributed by atoms with Gasteiger partial charge < -0.3 is 19.1 Å². The summed E-state index contributed by atoms with van der Waals surface area (Å²) in [6.07, 6.45) is 2.22. The summed E-state index contributed by atoms with van der Waals surface area (Å²) in [7, 11) is 5.90. The van der Waals surface area contributed by atoms with E-state index in [-0.39, 0.29) is 12.9 Å². The number of rotatable bonds is 6. The first kappa shape index (κ1) is 14.9. The van der Waals surface area contributed by atoms with E-state index in [1.807, 2.05) is 24.3 Å². The van der Waals surface area contributed by atoms with E-state index in [4.69, 9.17) is 22.1 Å². The zero-order valence-electron chi connectivity index (χ0n) is 12.9. The summed E-state index contributed by atoms with van der Waals surface area (Å²) in [5.74, 6) is 2.18. The van der Waals surface area contributed by atoms with Crippen molar-refractivity contribution < 1.29 is 14.2 Å². The van der Waals surface area contributed by atoms with Gasteiger partial charge in [0.1, 0.15) is 14.0 Å². The van der Waals surface area contributed by atoms with Gasteiger partial charge in [-0.2, -0.15) is 11.3 Å². The molecule has 0 bridgehead atoms. The molecule has 4 rings (SSSR count). The highest BCUT2D eigenvalue weighted by atomic mass is 32.1. The Balaban J connectivity index is 1.53. The fourth-order valence-electron chi connectivity index (χ4n) is 2.86. The van der Waals surface area contributed by atoms with Crippen molar-refractivity contribution in [3.8, 4) is 17.2 Å². The number of benzene rings is 1. The van der Waals surface area contributed by atoms with E-state index >= 15 is 0 Å². The van der Waals surface area contributed by atoms with Gasteiger partial charge in [0.2, 0.25) is 12.5 Å². The molecule has 0 saturated carbocycles. The lowest BCUT2D eigenvalue weighted by Crippen LogP contribution is -2.38. The normalized spacial score (nSPS) is 17.7. The predicted molar refractivity (Wildman–Crippen MR) is 91.3 cm³/mol. The van der Waals surface area contributed by atoms with Crippen LogP contribution >= 0.6 is 11.3 Å². The average Bonchev–Trinajstić information content (AvgIpc) is 3.13. The number of nitrogens with zero attached hydrogens (tertiary/aromatic N) is 1. The molecule has 1 atom stereocenters. The Morgan fingerprint density at radius 3 is 2.87 bits per heavy atom. The van der Waals surface area contributed by atoms with Crippen LogP contribution in [0, 0.1) is 0 Å². The van der Waals surface area contributed by atoms with Crippen LogP contribution in [0.4, 0.5) is 0 Å². The molecule has 1 saturated heterocycles. The molecule has 2 aliphatic heterocycles. The minimum atomic E-state index is -0.0198. The number of hydrogen-bond donors (Lipinski definition) is 0. The Kier molecular flexibility index (Phi) is 4.18. The number of thiophene rings is 1. The molecule has 0 spiro atoms. The number of hydrogen-bond acceptors (Lipinski definition) is 5. The maximum Gasteiger partial charge on any atom is 0.231 e. The van der Waals surface area contributed by atoms with E-state index in [0.717, 1.165) is 34.1 Å². The van der Waals surface area contributed by atoms with Crippen molar-refractivity contribution in [2.45, 2.75) is 18.9 Å². The third kappa shape index (κ3) is 3.19. The van der Waals surface area contributed by atoms with Gasteiger partial charge in [-0.1, -0.05) is 12.1 Å². The molecular formula is C17H18BNO3S. The van der Waals surface area contributed by atoms with E-state index < -0.39 is 0 Å². The Morgan fingerprint density at radius 2 is 2.13 bits per heavy atom. The second-order valence-electron chi connectivity index (χ2n) is 5.82. The van der Waals surface area contributed by atoms with Gasteiger partial charge in [0.15, 0.2) is 11.5 Å². The smallest absolute Gasteiger partial charge is 0.231 e. The first-order chi connectivity index (χ1) is 11.3. The largest absolute Gasteiger partial charge is 0.481 e. The maximum atomic E-state index is 6.30. The molecule has 2 radical (unpaired) electrons. The van der Waals surface area contributed by atoms with Crippen LogP contribution in [0.15, 0.2) is 30.3 Å². The number of ether oxygens (including phenoxy) is 3. The number of likely N-dealkylation sites (tertiary alicyclic amines) is 1. The molecule has 1 unspecified atom stereocenters. The van der Waals surface area contributed by atoms with Crippen LogP contribution in [0.2, 0.25) is 0 Å². The molecule has 6 heteroatoms. The van der Waals surface area contributed by atoms with Crippen molar-refractivity contribution in [2.24, 2.45) is 0 Å². The van der Waals surface area contributed by atoms with Crippen molar-refractivity contribution >= 4 is 24.0 Å². The third-order valence-electron chi connectivity index (χ3n) is 4.25. The fourth-order valence-corrected chi connectivity index (χ4v) is 3.70. The fraction of sp³-hybridized carbons (Fsp3) is 0.412. The standard InChI is InChI=1S/C17H18BNO3S/c18-16-6-5-15(23-16)12(7-10-19-8-2-9-19)22-14-4-1-3-13-17(14)21-11-20-13/h1,3-6,12H,2,7-11H2. The quantitative estimate of drug-likeness (QED) is 0.763. The Hall–Kier alpha value is -1.66. The highest BCUT2D eigenvalue weighted by Crippen LogP contribution is 2.42. The molecule has 1 aromatic carbocycles. The molecular weight excluding hydrogens is 309 g/mol. The summed E-state index contributed by atoms with van der Waals surface area (Å²) in [6, 6.07) is 9.75. The first-order valence-electron chi connectivity index (χ1n) is 7.92. The van der Waals surface area contributed by atoms with Crippen LogP contribution < -0.4 is 19.0 Å². The van der Waals surface area contributed by atoms with Gasteiger partial charge in [-0.05, 0) is 42.5 Å². The molecule has 1 fully saturated rings. The molecule has 1 aromatic heterocycles. The van der Waals surface area contributed by atoms with Crippen LogP contribution in [0.25, 0.3) is 0 Å². The highest BCUT2D eigenvalue weighted by molar-refractivity contribution is 7.20. The van der Waals surface area contributed by atoms with Crippen molar-refractivity contribution in [2.75, 3.05) is 26.4 Å².